The molecule has 0 aliphatic heterocycles. The summed E-state index contributed by atoms with van der Waals surface area (Å²) in [7, 11) is 0. The maximum absolute atomic E-state index is 8.94. The molecule has 1 rings (SSSR count). The van der Waals surface area contributed by atoms with Gasteiger partial charge in [0.05, 0.1) is 12.0 Å². The second-order valence-corrected chi connectivity index (χ2v) is 3.06. The third kappa shape index (κ3) is 2.19. The van der Waals surface area contributed by atoms with Crippen LogP contribution in [0.5, 0.6) is 0 Å². The summed E-state index contributed by atoms with van der Waals surface area (Å²) < 4.78 is 0. The molecule has 0 heterocycles. The van der Waals surface area contributed by atoms with Crippen molar-refractivity contribution in [1.82, 2.24) is 0 Å². The highest BCUT2D eigenvalue weighted by atomic mass is 14.3. The van der Waals surface area contributed by atoms with Crippen molar-refractivity contribution in [2.45, 2.75) is 19.3 Å². The van der Waals surface area contributed by atoms with Gasteiger partial charge in [0.15, 0.2) is 0 Å². The second-order valence-electron chi connectivity index (χ2n) is 3.06. The SMILES string of the molecule is C=CCC(C#N)c1ccccc1C. The highest BCUT2D eigenvalue weighted by molar-refractivity contribution is 5.33. The molecule has 0 aliphatic carbocycles. The van der Waals surface area contributed by atoms with E-state index < -0.39 is 0 Å². The van der Waals surface area contributed by atoms with E-state index in [0.717, 1.165) is 12.0 Å². The lowest BCUT2D eigenvalue weighted by Crippen LogP contribution is -1.96. The number of hydrogen-bond acceptors (Lipinski definition) is 1. The summed E-state index contributed by atoms with van der Waals surface area (Å²) in [4.78, 5) is 0. The van der Waals surface area contributed by atoms with Gasteiger partial charge in [-0.3, -0.25) is 0 Å². The Balaban J connectivity index is 2.99. The molecule has 0 aromatic heterocycles. The molecule has 0 saturated carbocycles. The van der Waals surface area contributed by atoms with Crippen LogP contribution < -0.4 is 0 Å². The molecule has 1 heteroatoms. The number of nitrogens with zero attached hydrogens (tertiary/aromatic N) is 1. The maximum atomic E-state index is 8.94. The van der Waals surface area contributed by atoms with Crippen LogP contribution >= 0.6 is 0 Å². The van der Waals surface area contributed by atoms with Gasteiger partial charge in [-0.05, 0) is 24.5 Å². The van der Waals surface area contributed by atoms with Crippen LogP contribution in [0.3, 0.4) is 0 Å². The average molecular weight is 171 g/mol. The highest BCUT2D eigenvalue weighted by Gasteiger charge is 2.09. The van der Waals surface area contributed by atoms with Crippen LogP contribution in [0, 0.1) is 18.3 Å². The fourth-order valence-electron chi connectivity index (χ4n) is 1.39. The molecule has 13 heavy (non-hydrogen) atoms. The Bertz CT molecular complexity index is 333. The first kappa shape index (κ1) is 9.54. The summed E-state index contributed by atoms with van der Waals surface area (Å²) in [6, 6.07) is 10.3. The quantitative estimate of drug-likeness (QED) is 0.641. The molecule has 0 radical (unpaired) electrons. The van der Waals surface area contributed by atoms with E-state index in [1.54, 1.807) is 6.08 Å². The van der Waals surface area contributed by atoms with Crippen LogP contribution in [-0.2, 0) is 0 Å². The van der Waals surface area contributed by atoms with E-state index in [2.05, 4.69) is 12.6 Å². The maximum Gasteiger partial charge on any atom is 0.0749 e. The number of aryl methyl sites for hydroxylation is 1. The number of allylic oxidation sites excluding steroid dienone is 1. The van der Waals surface area contributed by atoms with Gasteiger partial charge in [0, 0.05) is 0 Å². The van der Waals surface area contributed by atoms with Gasteiger partial charge in [0.1, 0.15) is 0 Å². The Labute approximate surface area is 79.3 Å². The molecular weight excluding hydrogens is 158 g/mol. The minimum atomic E-state index is -0.0429. The lowest BCUT2D eigenvalue weighted by Gasteiger charge is -2.09. The number of rotatable bonds is 3. The Morgan fingerprint density at radius 1 is 1.54 bits per heavy atom. The minimum Gasteiger partial charge on any atom is -0.198 e. The van der Waals surface area contributed by atoms with Crippen molar-refractivity contribution in [3.63, 3.8) is 0 Å². The summed E-state index contributed by atoms with van der Waals surface area (Å²) >= 11 is 0. The molecule has 66 valence electrons. The molecule has 1 aromatic rings. The lowest BCUT2D eigenvalue weighted by atomic mass is 9.93. The van der Waals surface area contributed by atoms with Gasteiger partial charge in [-0.25, -0.2) is 0 Å². The molecule has 0 aliphatic rings. The monoisotopic (exact) mass is 171 g/mol. The van der Waals surface area contributed by atoms with E-state index in [1.807, 2.05) is 31.2 Å². The third-order valence-electron chi connectivity index (χ3n) is 2.12. The van der Waals surface area contributed by atoms with E-state index in [9.17, 15) is 0 Å². The smallest absolute Gasteiger partial charge is 0.0749 e. The Morgan fingerprint density at radius 3 is 2.77 bits per heavy atom. The van der Waals surface area contributed by atoms with E-state index in [4.69, 9.17) is 5.26 Å². The lowest BCUT2D eigenvalue weighted by molar-refractivity contribution is 0.870. The summed E-state index contributed by atoms with van der Waals surface area (Å²) in [5, 5.41) is 8.94. The van der Waals surface area contributed by atoms with Gasteiger partial charge in [0.2, 0.25) is 0 Å². The highest BCUT2D eigenvalue weighted by Crippen LogP contribution is 2.22. The molecule has 0 bridgehead atoms. The van der Waals surface area contributed by atoms with Crippen molar-refractivity contribution in [2.24, 2.45) is 0 Å². The molecular formula is C12H13N. The third-order valence-corrected chi connectivity index (χ3v) is 2.12. The molecule has 1 unspecified atom stereocenters. The summed E-state index contributed by atoms with van der Waals surface area (Å²) in [6.45, 7) is 5.68. The largest absolute Gasteiger partial charge is 0.198 e. The number of benzene rings is 1. The van der Waals surface area contributed by atoms with Gasteiger partial charge in [0.25, 0.3) is 0 Å². The van der Waals surface area contributed by atoms with E-state index in [1.165, 1.54) is 5.56 Å². The van der Waals surface area contributed by atoms with Crippen LogP contribution in [0.15, 0.2) is 36.9 Å². The zero-order valence-electron chi connectivity index (χ0n) is 7.83. The molecule has 0 spiro atoms. The van der Waals surface area contributed by atoms with E-state index in [0.29, 0.717) is 0 Å². The summed E-state index contributed by atoms with van der Waals surface area (Å²) in [6.07, 6.45) is 2.52. The van der Waals surface area contributed by atoms with Crippen LogP contribution in [0.2, 0.25) is 0 Å². The van der Waals surface area contributed by atoms with Crippen molar-refractivity contribution in [3.8, 4) is 6.07 Å². The molecule has 1 nitrogen and oxygen atoms in total. The first-order valence-electron chi connectivity index (χ1n) is 4.35. The normalized spacial score (nSPS) is 11.7. The fourth-order valence-corrected chi connectivity index (χ4v) is 1.39. The Kier molecular flexibility index (Phi) is 3.28. The minimum absolute atomic E-state index is 0.0429. The molecule has 0 amide bonds. The zero-order chi connectivity index (χ0) is 9.68. The van der Waals surface area contributed by atoms with Crippen molar-refractivity contribution in [2.75, 3.05) is 0 Å². The fraction of sp³-hybridized carbons (Fsp3) is 0.250. The van der Waals surface area contributed by atoms with E-state index in [-0.39, 0.29) is 5.92 Å². The second kappa shape index (κ2) is 4.47. The summed E-state index contributed by atoms with van der Waals surface area (Å²) in [5.74, 6) is -0.0429. The predicted molar refractivity (Wildman–Crippen MR) is 54.3 cm³/mol. The van der Waals surface area contributed by atoms with Gasteiger partial charge in [-0.2, -0.15) is 5.26 Å². The topological polar surface area (TPSA) is 23.8 Å². The zero-order valence-corrected chi connectivity index (χ0v) is 7.83. The molecule has 1 atom stereocenters. The predicted octanol–water partition coefficient (Wildman–Crippen LogP) is 3.18. The summed E-state index contributed by atoms with van der Waals surface area (Å²) in [5.41, 5.74) is 2.29. The molecule has 0 N–H and O–H groups in total. The van der Waals surface area contributed by atoms with Crippen molar-refractivity contribution >= 4 is 0 Å². The first-order valence-corrected chi connectivity index (χ1v) is 4.35. The van der Waals surface area contributed by atoms with Crippen molar-refractivity contribution < 1.29 is 0 Å². The standard InChI is InChI=1S/C12H13N/c1-3-6-11(9-13)12-8-5-4-7-10(12)2/h3-5,7-8,11H,1,6H2,2H3. The van der Waals surface area contributed by atoms with Gasteiger partial charge in [-0.1, -0.05) is 30.3 Å². The van der Waals surface area contributed by atoms with Crippen LogP contribution in [-0.4, -0.2) is 0 Å². The first-order chi connectivity index (χ1) is 6.29. The number of nitriles is 1. The van der Waals surface area contributed by atoms with Crippen molar-refractivity contribution in [1.29, 1.82) is 5.26 Å². The van der Waals surface area contributed by atoms with Gasteiger partial charge >= 0.3 is 0 Å². The average Bonchev–Trinajstić information content (AvgIpc) is 2.16. The van der Waals surface area contributed by atoms with Gasteiger partial charge < -0.3 is 0 Å². The van der Waals surface area contributed by atoms with Crippen LogP contribution in [0.1, 0.15) is 23.5 Å². The molecule has 1 aromatic carbocycles. The van der Waals surface area contributed by atoms with Crippen LogP contribution in [0.4, 0.5) is 0 Å². The molecule has 0 saturated heterocycles. The Hall–Kier alpha value is -1.55. The van der Waals surface area contributed by atoms with Crippen molar-refractivity contribution in [3.05, 3.63) is 48.0 Å². The number of hydrogen-bond donors (Lipinski definition) is 0. The molecule has 0 fully saturated rings. The van der Waals surface area contributed by atoms with Gasteiger partial charge in [-0.15, -0.1) is 6.58 Å². The van der Waals surface area contributed by atoms with E-state index >= 15 is 0 Å². The van der Waals surface area contributed by atoms with Crippen LogP contribution in [0.25, 0.3) is 0 Å². The Morgan fingerprint density at radius 2 is 2.23 bits per heavy atom.